The molecule has 1 rings (SSSR count). The van der Waals surface area contributed by atoms with Crippen molar-refractivity contribution in [3.05, 3.63) is 55.1 Å². The van der Waals surface area contributed by atoms with E-state index in [-0.39, 0.29) is 0 Å². The van der Waals surface area contributed by atoms with Crippen LogP contribution >= 0.6 is 0 Å². The van der Waals surface area contributed by atoms with E-state index in [1.54, 1.807) is 6.07 Å². The highest BCUT2D eigenvalue weighted by Crippen LogP contribution is 2.29. The summed E-state index contributed by atoms with van der Waals surface area (Å²) >= 11 is 0. The average Bonchev–Trinajstić information content (AvgIpc) is 2.50. The first-order valence-electron chi connectivity index (χ1n) is 8.69. The van der Waals surface area contributed by atoms with Crippen LogP contribution in [0.3, 0.4) is 0 Å². The van der Waals surface area contributed by atoms with Gasteiger partial charge in [-0.15, -0.1) is 13.2 Å². The van der Waals surface area contributed by atoms with E-state index < -0.39 is 0 Å². The minimum absolute atomic E-state index is 0.419. The Kier molecular flexibility index (Phi) is 9.37. The zero-order chi connectivity index (χ0) is 16.2. The second kappa shape index (κ2) is 11.1. The van der Waals surface area contributed by atoms with Crippen LogP contribution < -0.4 is 0 Å². The van der Waals surface area contributed by atoms with E-state index >= 15 is 0 Å². The summed E-state index contributed by atoms with van der Waals surface area (Å²) in [6.07, 6.45) is 13.5. The fourth-order valence-corrected chi connectivity index (χ4v) is 3.22. The molecule has 0 saturated heterocycles. The molecular formula is C21H32O. The Morgan fingerprint density at radius 2 is 1.73 bits per heavy atom. The van der Waals surface area contributed by atoms with Crippen LogP contribution in [-0.2, 0) is 6.42 Å². The molecule has 0 saturated carbocycles. The summed E-state index contributed by atoms with van der Waals surface area (Å²) in [6, 6.07) is 7.70. The highest BCUT2D eigenvalue weighted by Gasteiger charge is 2.16. The van der Waals surface area contributed by atoms with E-state index in [0.29, 0.717) is 17.6 Å². The molecule has 2 unspecified atom stereocenters. The Hall–Kier alpha value is -1.50. The van der Waals surface area contributed by atoms with Crippen LogP contribution in [0.25, 0.3) is 0 Å². The predicted octanol–water partition coefficient (Wildman–Crippen LogP) is 6.29. The summed E-state index contributed by atoms with van der Waals surface area (Å²) in [6.45, 7) is 10.1. The van der Waals surface area contributed by atoms with Gasteiger partial charge in [0.15, 0.2) is 0 Å². The molecule has 0 aliphatic carbocycles. The molecule has 0 radical (unpaired) electrons. The average molecular weight is 300 g/mol. The van der Waals surface area contributed by atoms with Crippen molar-refractivity contribution in [1.82, 2.24) is 0 Å². The molecule has 122 valence electrons. The minimum atomic E-state index is 0.419. The third-order valence-electron chi connectivity index (χ3n) is 4.38. The normalized spacial score (nSPS) is 13.5. The lowest BCUT2D eigenvalue weighted by molar-refractivity contribution is 0.341. The molecule has 0 heterocycles. The molecule has 0 aliphatic heterocycles. The molecule has 1 N–H and O–H groups in total. The lowest BCUT2D eigenvalue weighted by Gasteiger charge is -2.22. The Labute approximate surface area is 136 Å². The first kappa shape index (κ1) is 18.5. The van der Waals surface area contributed by atoms with Gasteiger partial charge in [-0.05, 0) is 49.1 Å². The van der Waals surface area contributed by atoms with Crippen LogP contribution in [0.4, 0.5) is 0 Å². The molecule has 1 aromatic carbocycles. The van der Waals surface area contributed by atoms with Crippen molar-refractivity contribution in [3.63, 3.8) is 0 Å². The third kappa shape index (κ3) is 6.98. The van der Waals surface area contributed by atoms with Crippen LogP contribution in [0.1, 0.15) is 57.4 Å². The van der Waals surface area contributed by atoms with Crippen LogP contribution in [0.5, 0.6) is 5.75 Å². The van der Waals surface area contributed by atoms with Gasteiger partial charge in [0, 0.05) is 0 Å². The van der Waals surface area contributed by atoms with Crippen molar-refractivity contribution in [3.8, 4) is 5.75 Å². The van der Waals surface area contributed by atoms with E-state index in [0.717, 1.165) is 24.8 Å². The maximum atomic E-state index is 10.00. The van der Waals surface area contributed by atoms with Gasteiger partial charge in [0.2, 0.25) is 0 Å². The second-order valence-corrected chi connectivity index (χ2v) is 6.35. The fourth-order valence-electron chi connectivity index (χ4n) is 3.22. The number of hydrogen-bond donors (Lipinski definition) is 1. The van der Waals surface area contributed by atoms with Crippen molar-refractivity contribution in [1.29, 1.82) is 0 Å². The molecule has 1 nitrogen and oxygen atoms in total. The first-order valence-corrected chi connectivity index (χ1v) is 8.69. The van der Waals surface area contributed by atoms with Crippen molar-refractivity contribution in [2.45, 2.75) is 58.3 Å². The minimum Gasteiger partial charge on any atom is -0.508 e. The summed E-state index contributed by atoms with van der Waals surface area (Å²) < 4.78 is 0. The van der Waals surface area contributed by atoms with Gasteiger partial charge in [0.25, 0.3) is 0 Å². The van der Waals surface area contributed by atoms with Gasteiger partial charge in [0.05, 0.1) is 0 Å². The Morgan fingerprint density at radius 3 is 2.36 bits per heavy atom. The predicted molar refractivity (Wildman–Crippen MR) is 97.2 cm³/mol. The number of unbranched alkanes of at least 4 members (excludes halogenated alkanes) is 2. The molecule has 0 aliphatic rings. The SMILES string of the molecule is C=CCC(CCCCC)CC(CC=C)Cc1ccccc1O. The van der Waals surface area contributed by atoms with Crippen molar-refractivity contribution < 1.29 is 5.11 Å². The molecular weight excluding hydrogens is 268 g/mol. The molecule has 0 bridgehead atoms. The lowest BCUT2D eigenvalue weighted by atomic mass is 9.83. The highest BCUT2D eigenvalue weighted by molar-refractivity contribution is 5.32. The van der Waals surface area contributed by atoms with Crippen LogP contribution in [0.2, 0.25) is 0 Å². The van der Waals surface area contributed by atoms with E-state index in [9.17, 15) is 5.11 Å². The first-order chi connectivity index (χ1) is 10.7. The monoisotopic (exact) mass is 300 g/mol. The molecule has 22 heavy (non-hydrogen) atoms. The number of aromatic hydroxyl groups is 1. The van der Waals surface area contributed by atoms with E-state index in [1.165, 1.54) is 32.1 Å². The Morgan fingerprint density at radius 1 is 1.05 bits per heavy atom. The number of phenols is 1. The summed E-state index contributed by atoms with van der Waals surface area (Å²) in [4.78, 5) is 0. The number of rotatable bonds is 12. The maximum absolute atomic E-state index is 10.00. The highest BCUT2D eigenvalue weighted by atomic mass is 16.3. The van der Waals surface area contributed by atoms with Gasteiger partial charge >= 0.3 is 0 Å². The summed E-state index contributed by atoms with van der Waals surface area (Å²) in [5.41, 5.74) is 1.06. The van der Waals surface area contributed by atoms with E-state index in [2.05, 4.69) is 26.2 Å². The van der Waals surface area contributed by atoms with E-state index in [1.807, 2.05) is 24.3 Å². The smallest absolute Gasteiger partial charge is 0.118 e. The molecule has 1 aromatic rings. The van der Waals surface area contributed by atoms with E-state index in [4.69, 9.17) is 0 Å². The number of allylic oxidation sites excluding steroid dienone is 2. The zero-order valence-electron chi connectivity index (χ0n) is 14.1. The third-order valence-corrected chi connectivity index (χ3v) is 4.38. The molecule has 1 heteroatoms. The molecule has 0 fully saturated rings. The summed E-state index contributed by atoms with van der Waals surface area (Å²) in [5.74, 6) is 1.68. The van der Waals surface area contributed by atoms with Gasteiger partial charge in [0.1, 0.15) is 5.75 Å². The zero-order valence-corrected chi connectivity index (χ0v) is 14.1. The van der Waals surface area contributed by atoms with Gasteiger partial charge < -0.3 is 5.11 Å². The molecule has 0 amide bonds. The fraction of sp³-hybridized carbons (Fsp3) is 0.524. The van der Waals surface area contributed by atoms with Gasteiger partial charge in [-0.2, -0.15) is 0 Å². The quantitative estimate of drug-likeness (QED) is 0.355. The number of para-hydroxylation sites is 1. The summed E-state index contributed by atoms with van der Waals surface area (Å²) in [5, 5.41) is 10.00. The van der Waals surface area contributed by atoms with Crippen molar-refractivity contribution in [2.75, 3.05) is 0 Å². The Bertz CT molecular complexity index is 435. The van der Waals surface area contributed by atoms with Crippen LogP contribution in [0, 0.1) is 11.8 Å². The van der Waals surface area contributed by atoms with Gasteiger partial charge in [-0.1, -0.05) is 63.0 Å². The van der Waals surface area contributed by atoms with Crippen LogP contribution in [0.15, 0.2) is 49.6 Å². The van der Waals surface area contributed by atoms with Gasteiger partial charge in [-0.3, -0.25) is 0 Å². The molecule has 0 aromatic heterocycles. The van der Waals surface area contributed by atoms with Crippen LogP contribution in [-0.4, -0.2) is 5.11 Å². The second-order valence-electron chi connectivity index (χ2n) is 6.35. The maximum Gasteiger partial charge on any atom is 0.118 e. The molecule has 0 spiro atoms. The van der Waals surface area contributed by atoms with Crippen molar-refractivity contribution in [2.24, 2.45) is 11.8 Å². The Balaban J connectivity index is 2.65. The largest absolute Gasteiger partial charge is 0.508 e. The van der Waals surface area contributed by atoms with Crippen molar-refractivity contribution >= 4 is 0 Å². The van der Waals surface area contributed by atoms with Gasteiger partial charge in [-0.25, -0.2) is 0 Å². The number of hydrogen-bond acceptors (Lipinski definition) is 1. The topological polar surface area (TPSA) is 20.2 Å². The standard InChI is InChI=1S/C21H32O/c1-4-7-8-13-18(11-5-2)16-19(12-6-3)17-20-14-9-10-15-21(20)22/h5-6,9-10,14-15,18-19,22H,2-4,7-8,11-13,16-17H2,1H3. The summed E-state index contributed by atoms with van der Waals surface area (Å²) in [7, 11) is 0. The number of benzene rings is 1. The number of phenolic OH excluding ortho intramolecular Hbond substituents is 1. The lowest BCUT2D eigenvalue weighted by Crippen LogP contribution is -2.11. The molecule has 2 atom stereocenters.